The van der Waals surface area contributed by atoms with Gasteiger partial charge in [-0.1, -0.05) is 0 Å². The molecular formula is C16H20BrN7O. The van der Waals surface area contributed by atoms with E-state index in [1.54, 1.807) is 21.6 Å². The monoisotopic (exact) mass is 405 g/mol. The lowest BCUT2D eigenvalue weighted by atomic mass is 10.3. The summed E-state index contributed by atoms with van der Waals surface area (Å²) in [6.07, 6.45) is 1.77. The molecule has 1 N–H and O–H groups in total. The van der Waals surface area contributed by atoms with E-state index in [2.05, 4.69) is 36.5 Å². The highest BCUT2D eigenvalue weighted by atomic mass is 79.9. The lowest BCUT2D eigenvalue weighted by molar-refractivity contribution is 0.102. The fourth-order valence-electron chi connectivity index (χ4n) is 2.64. The number of carbonyl (C=O) groups excluding carboxylic acids is 1. The highest BCUT2D eigenvalue weighted by molar-refractivity contribution is 9.10. The first-order chi connectivity index (χ1) is 11.8. The molecular weight excluding hydrogens is 386 g/mol. The van der Waals surface area contributed by atoms with Crippen LogP contribution in [-0.2, 0) is 13.7 Å². The van der Waals surface area contributed by atoms with Crippen molar-refractivity contribution in [1.82, 2.24) is 29.3 Å². The number of halogens is 1. The van der Waals surface area contributed by atoms with Crippen LogP contribution >= 0.6 is 15.9 Å². The fourth-order valence-corrected chi connectivity index (χ4v) is 2.93. The maximum absolute atomic E-state index is 12.5. The number of carbonyl (C=O) groups is 1. The molecule has 1 amide bonds. The van der Waals surface area contributed by atoms with Crippen LogP contribution in [0.3, 0.4) is 0 Å². The van der Waals surface area contributed by atoms with Crippen molar-refractivity contribution in [2.45, 2.75) is 34.4 Å². The summed E-state index contributed by atoms with van der Waals surface area (Å²) in [5.41, 5.74) is 4.69. The molecule has 0 bridgehead atoms. The molecule has 3 rings (SSSR count). The van der Waals surface area contributed by atoms with Crippen molar-refractivity contribution in [2.24, 2.45) is 7.05 Å². The van der Waals surface area contributed by atoms with Crippen LogP contribution in [0.25, 0.3) is 0 Å². The predicted molar refractivity (Wildman–Crippen MR) is 97.7 cm³/mol. The SMILES string of the molecule is Cc1nn(Cn2ccc(C(=O)Nc3c(C)nn(C)c3C)n2)c(C)c1Br. The number of rotatable bonds is 4. The second-order valence-electron chi connectivity index (χ2n) is 5.99. The molecule has 9 heteroatoms. The number of hydrogen-bond donors (Lipinski definition) is 1. The Morgan fingerprint density at radius 1 is 1.12 bits per heavy atom. The molecule has 0 saturated carbocycles. The third-order valence-electron chi connectivity index (χ3n) is 4.19. The minimum Gasteiger partial charge on any atom is -0.317 e. The highest BCUT2D eigenvalue weighted by Crippen LogP contribution is 2.20. The van der Waals surface area contributed by atoms with E-state index in [0.29, 0.717) is 12.4 Å². The zero-order valence-corrected chi connectivity index (χ0v) is 16.4. The summed E-state index contributed by atoms with van der Waals surface area (Å²) in [7, 11) is 1.85. The molecule has 0 radical (unpaired) electrons. The van der Waals surface area contributed by atoms with Crippen molar-refractivity contribution in [3.63, 3.8) is 0 Å². The summed E-state index contributed by atoms with van der Waals surface area (Å²) in [5.74, 6) is -0.257. The normalized spacial score (nSPS) is 11.1. The molecule has 0 aromatic carbocycles. The average molecular weight is 406 g/mol. The van der Waals surface area contributed by atoms with Gasteiger partial charge in [0.05, 0.1) is 32.9 Å². The number of aryl methyl sites for hydroxylation is 3. The number of aromatic nitrogens is 6. The first-order valence-electron chi connectivity index (χ1n) is 7.82. The summed E-state index contributed by atoms with van der Waals surface area (Å²) in [5, 5.41) is 16.0. The number of hydrogen-bond acceptors (Lipinski definition) is 4. The van der Waals surface area contributed by atoms with Gasteiger partial charge in [-0.2, -0.15) is 15.3 Å². The molecule has 25 heavy (non-hydrogen) atoms. The Bertz CT molecular complexity index is 950. The van der Waals surface area contributed by atoms with E-state index in [4.69, 9.17) is 0 Å². The van der Waals surface area contributed by atoms with E-state index >= 15 is 0 Å². The van der Waals surface area contributed by atoms with Crippen molar-refractivity contribution in [2.75, 3.05) is 5.32 Å². The lowest BCUT2D eigenvalue weighted by Crippen LogP contribution is -2.16. The Kier molecular flexibility index (Phi) is 4.51. The quantitative estimate of drug-likeness (QED) is 0.722. The van der Waals surface area contributed by atoms with Crippen LogP contribution in [0.1, 0.15) is 33.3 Å². The van der Waals surface area contributed by atoms with Gasteiger partial charge in [0.25, 0.3) is 5.91 Å². The van der Waals surface area contributed by atoms with Crippen molar-refractivity contribution in [3.8, 4) is 0 Å². The molecule has 0 atom stereocenters. The number of anilines is 1. The second-order valence-corrected chi connectivity index (χ2v) is 6.78. The molecule has 3 aromatic rings. The molecule has 3 heterocycles. The summed E-state index contributed by atoms with van der Waals surface area (Å²) >= 11 is 3.51. The molecule has 0 spiro atoms. The Morgan fingerprint density at radius 2 is 1.84 bits per heavy atom. The lowest BCUT2D eigenvalue weighted by Gasteiger charge is -2.05. The van der Waals surface area contributed by atoms with Gasteiger partial charge in [0.1, 0.15) is 6.67 Å². The minimum atomic E-state index is -0.257. The van der Waals surface area contributed by atoms with Crippen LogP contribution in [0, 0.1) is 27.7 Å². The fraction of sp³-hybridized carbons (Fsp3) is 0.375. The molecule has 0 saturated heterocycles. The van der Waals surface area contributed by atoms with Crippen molar-refractivity contribution >= 4 is 27.5 Å². The number of nitrogens with one attached hydrogen (secondary N) is 1. The van der Waals surface area contributed by atoms with E-state index in [0.717, 1.165) is 32.9 Å². The summed E-state index contributed by atoms with van der Waals surface area (Å²) in [6.45, 7) is 8.14. The van der Waals surface area contributed by atoms with Gasteiger partial charge < -0.3 is 5.32 Å². The molecule has 0 unspecified atom stereocenters. The van der Waals surface area contributed by atoms with Gasteiger partial charge in [0.2, 0.25) is 0 Å². The van der Waals surface area contributed by atoms with Gasteiger partial charge in [0.15, 0.2) is 5.69 Å². The van der Waals surface area contributed by atoms with Crippen molar-refractivity contribution < 1.29 is 4.79 Å². The third kappa shape index (κ3) is 3.23. The first kappa shape index (κ1) is 17.4. The average Bonchev–Trinajstić information content (AvgIpc) is 3.19. The van der Waals surface area contributed by atoms with Crippen LogP contribution in [0.5, 0.6) is 0 Å². The molecule has 0 fully saturated rings. The molecule has 0 aliphatic rings. The van der Waals surface area contributed by atoms with Crippen molar-refractivity contribution in [1.29, 1.82) is 0 Å². The number of nitrogens with zero attached hydrogens (tertiary/aromatic N) is 6. The summed E-state index contributed by atoms with van der Waals surface area (Å²) in [4.78, 5) is 12.5. The minimum absolute atomic E-state index is 0.257. The van der Waals surface area contributed by atoms with Crippen LogP contribution in [0.4, 0.5) is 5.69 Å². The van der Waals surface area contributed by atoms with Crippen LogP contribution < -0.4 is 5.32 Å². The van der Waals surface area contributed by atoms with E-state index < -0.39 is 0 Å². The molecule has 8 nitrogen and oxygen atoms in total. The predicted octanol–water partition coefficient (Wildman–Crippen LogP) is 2.57. The first-order valence-corrected chi connectivity index (χ1v) is 8.61. The van der Waals surface area contributed by atoms with E-state index in [-0.39, 0.29) is 5.91 Å². The molecule has 0 aliphatic heterocycles. The van der Waals surface area contributed by atoms with Gasteiger partial charge in [-0.15, -0.1) is 0 Å². The van der Waals surface area contributed by atoms with Gasteiger partial charge in [0, 0.05) is 13.2 Å². The summed E-state index contributed by atoms with van der Waals surface area (Å²) < 4.78 is 6.25. The Balaban J connectivity index is 1.76. The maximum Gasteiger partial charge on any atom is 0.276 e. The summed E-state index contributed by atoms with van der Waals surface area (Å²) in [6, 6.07) is 1.69. The van der Waals surface area contributed by atoms with Gasteiger partial charge in [-0.25, -0.2) is 4.68 Å². The van der Waals surface area contributed by atoms with Gasteiger partial charge in [-0.3, -0.25) is 14.2 Å². The smallest absolute Gasteiger partial charge is 0.276 e. The second kappa shape index (κ2) is 6.47. The van der Waals surface area contributed by atoms with Gasteiger partial charge in [-0.05, 0) is 49.7 Å². The van der Waals surface area contributed by atoms with Crippen molar-refractivity contribution in [3.05, 3.63) is 45.2 Å². The molecule has 3 aromatic heterocycles. The Hall–Kier alpha value is -2.42. The Labute approximate surface area is 154 Å². The van der Waals surface area contributed by atoms with E-state index in [9.17, 15) is 4.79 Å². The zero-order chi connectivity index (χ0) is 18.3. The number of amides is 1. The van der Waals surface area contributed by atoms with Crippen LogP contribution in [-0.4, -0.2) is 35.2 Å². The van der Waals surface area contributed by atoms with E-state index in [1.807, 2.05) is 39.4 Å². The standard InChI is InChI=1S/C16H20BrN7O/c1-9-14(17)11(3)24(20-9)8-23-7-6-13(21-23)16(25)18-15-10(2)19-22(5)12(15)4/h6-7H,8H2,1-5H3,(H,18,25). The van der Waals surface area contributed by atoms with Gasteiger partial charge >= 0.3 is 0 Å². The van der Waals surface area contributed by atoms with Crippen LogP contribution in [0.15, 0.2) is 16.7 Å². The van der Waals surface area contributed by atoms with Crippen LogP contribution in [0.2, 0.25) is 0 Å². The third-order valence-corrected chi connectivity index (χ3v) is 5.34. The zero-order valence-electron chi connectivity index (χ0n) is 14.8. The van der Waals surface area contributed by atoms with E-state index in [1.165, 1.54) is 0 Å². The highest BCUT2D eigenvalue weighted by Gasteiger charge is 2.16. The molecule has 132 valence electrons. The topological polar surface area (TPSA) is 82.6 Å². The Morgan fingerprint density at radius 3 is 2.40 bits per heavy atom. The molecule has 0 aliphatic carbocycles. The largest absolute Gasteiger partial charge is 0.317 e. The maximum atomic E-state index is 12.5.